The molecule has 1 aromatic rings. The second-order valence-corrected chi connectivity index (χ2v) is 8.14. The number of anilines is 1. The van der Waals surface area contributed by atoms with Crippen LogP contribution >= 0.6 is 11.8 Å². The SMILES string of the molecule is C[C@@H](O)c1ccccc1N1CCSCC1S(C)(=O)=O. The van der Waals surface area contributed by atoms with Crippen LogP contribution in [0.25, 0.3) is 0 Å². The zero-order chi connectivity index (χ0) is 14.0. The molecule has 1 saturated heterocycles. The molecule has 106 valence electrons. The Bertz CT molecular complexity index is 543. The summed E-state index contributed by atoms with van der Waals surface area (Å²) in [5.74, 6) is 1.48. The minimum absolute atomic E-state index is 0.508. The lowest BCUT2D eigenvalue weighted by molar-refractivity contribution is 0.199. The Morgan fingerprint density at radius 3 is 2.74 bits per heavy atom. The van der Waals surface area contributed by atoms with Gasteiger partial charge in [0.2, 0.25) is 0 Å². The van der Waals surface area contributed by atoms with E-state index in [9.17, 15) is 13.5 Å². The van der Waals surface area contributed by atoms with Crippen LogP contribution in [-0.2, 0) is 9.84 Å². The normalized spacial score (nSPS) is 22.3. The van der Waals surface area contributed by atoms with E-state index in [4.69, 9.17) is 0 Å². The van der Waals surface area contributed by atoms with Crippen LogP contribution in [0.3, 0.4) is 0 Å². The van der Waals surface area contributed by atoms with Crippen molar-refractivity contribution in [2.75, 3.05) is 29.2 Å². The first-order valence-corrected chi connectivity index (χ1v) is 9.32. The Balaban J connectivity index is 2.44. The molecule has 1 aliphatic rings. The van der Waals surface area contributed by atoms with E-state index in [1.54, 1.807) is 18.7 Å². The average molecular weight is 301 g/mol. The molecular weight excluding hydrogens is 282 g/mol. The van der Waals surface area contributed by atoms with Crippen LogP contribution < -0.4 is 4.90 Å². The van der Waals surface area contributed by atoms with Gasteiger partial charge in [0, 0.05) is 35.6 Å². The van der Waals surface area contributed by atoms with E-state index in [-0.39, 0.29) is 0 Å². The molecule has 0 bridgehead atoms. The number of para-hydroxylation sites is 1. The van der Waals surface area contributed by atoms with Gasteiger partial charge < -0.3 is 10.0 Å². The topological polar surface area (TPSA) is 57.6 Å². The van der Waals surface area contributed by atoms with Gasteiger partial charge in [-0.15, -0.1) is 0 Å². The van der Waals surface area contributed by atoms with Gasteiger partial charge in [-0.1, -0.05) is 18.2 Å². The van der Waals surface area contributed by atoms with E-state index in [1.807, 2.05) is 29.2 Å². The molecule has 0 aliphatic carbocycles. The molecule has 1 aromatic carbocycles. The maximum Gasteiger partial charge on any atom is 0.169 e. The predicted octanol–water partition coefficient (Wildman–Crippen LogP) is 1.66. The summed E-state index contributed by atoms with van der Waals surface area (Å²) in [5.41, 5.74) is 1.61. The van der Waals surface area contributed by atoms with Gasteiger partial charge in [0.1, 0.15) is 5.37 Å². The Kier molecular flexibility index (Phi) is 4.43. The lowest BCUT2D eigenvalue weighted by atomic mass is 10.1. The van der Waals surface area contributed by atoms with Gasteiger partial charge in [-0.25, -0.2) is 8.42 Å². The molecular formula is C13H19NO3S2. The van der Waals surface area contributed by atoms with Crippen LogP contribution in [0.15, 0.2) is 24.3 Å². The van der Waals surface area contributed by atoms with Crippen molar-refractivity contribution in [2.24, 2.45) is 0 Å². The molecule has 0 aromatic heterocycles. The third-order valence-corrected chi connectivity index (χ3v) is 5.92. The highest BCUT2D eigenvalue weighted by Gasteiger charge is 2.32. The van der Waals surface area contributed by atoms with Crippen LogP contribution in [0.1, 0.15) is 18.6 Å². The maximum atomic E-state index is 11.9. The summed E-state index contributed by atoms with van der Waals surface area (Å²) in [6, 6.07) is 7.47. The second-order valence-electron chi connectivity index (χ2n) is 4.79. The molecule has 0 saturated carbocycles. The molecule has 1 fully saturated rings. The van der Waals surface area contributed by atoms with Crippen molar-refractivity contribution >= 4 is 27.3 Å². The number of aliphatic hydroxyl groups is 1. The van der Waals surface area contributed by atoms with E-state index in [1.165, 1.54) is 6.26 Å². The smallest absolute Gasteiger partial charge is 0.169 e. The van der Waals surface area contributed by atoms with Gasteiger partial charge in [0.25, 0.3) is 0 Å². The number of thioether (sulfide) groups is 1. The van der Waals surface area contributed by atoms with E-state index in [0.717, 1.165) is 17.0 Å². The number of hydrogen-bond acceptors (Lipinski definition) is 5. The fraction of sp³-hybridized carbons (Fsp3) is 0.538. The molecule has 0 spiro atoms. The van der Waals surface area contributed by atoms with Gasteiger partial charge in [0.15, 0.2) is 9.84 Å². The minimum Gasteiger partial charge on any atom is -0.389 e. The summed E-state index contributed by atoms with van der Waals surface area (Å²) >= 11 is 1.66. The van der Waals surface area contributed by atoms with Gasteiger partial charge in [-0.3, -0.25) is 0 Å². The first-order valence-electron chi connectivity index (χ1n) is 6.21. The van der Waals surface area contributed by atoms with Crippen LogP contribution in [0.5, 0.6) is 0 Å². The van der Waals surface area contributed by atoms with Crippen molar-refractivity contribution < 1.29 is 13.5 Å². The van der Waals surface area contributed by atoms with E-state index in [0.29, 0.717) is 12.3 Å². The molecule has 4 nitrogen and oxygen atoms in total. The first-order chi connectivity index (χ1) is 8.91. The Morgan fingerprint density at radius 1 is 1.42 bits per heavy atom. The predicted molar refractivity (Wildman–Crippen MR) is 80.4 cm³/mol. The molecule has 19 heavy (non-hydrogen) atoms. The number of sulfone groups is 1. The molecule has 2 rings (SSSR count). The van der Waals surface area contributed by atoms with E-state index in [2.05, 4.69) is 0 Å². The van der Waals surface area contributed by atoms with Crippen LogP contribution in [0, 0.1) is 0 Å². The number of aliphatic hydroxyl groups excluding tert-OH is 1. The van der Waals surface area contributed by atoms with Gasteiger partial charge in [-0.2, -0.15) is 11.8 Å². The summed E-state index contributed by atoms with van der Waals surface area (Å²) in [6.45, 7) is 2.39. The molecule has 6 heteroatoms. The number of nitrogens with zero attached hydrogens (tertiary/aromatic N) is 1. The number of rotatable bonds is 3. The highest BCUT2D eigenvalue weighted by Crippen LogP contribution is 2.32. The lowest BCUT2D eigenvalue weighted by Gasteiger charge is -2.37. The van der Waals surface area contributed by atoms with E-state index < -0.39 is 21.3 Å². The van der Waals surface area contributed by atoms with Gasteiger partial charge in [-0.05, 0) is 13.0 Å². The summed E-state index contributed by atoms with van der Waals surface area (Å²) in [4.78, 5) is 1.91. The van der Waals surface area contributed by atoms with Crippen molar-refractivity contribution in [1.82, 2.24) is 0 Å². The minimum atomic E-state index is -3.14. The highest BCUT2D eigenvalue weighted by atomic mass is 32.2. The van der Waals surface area contributed by atoms with Crippen molar-refractivity contribution in [3.8, 4) is 0 Å². The summed E-state index contributed by atoms with van der Waals surface area (Å²) in [7, 11) is -3.14. The summed E-state index contributed by atoms with van der Waals surface area (Å²) < 4.78 is 23.9. The molecule has 0 amide bonds. The van der Waals surface area contributed by atoms with Crippen LogP contribution in [0.4, 0.5) is 5.69 Å². The van der Waals surface area contributed by atoms with Crippen LogP contribution in [0.2, 0.25) is 0 Å². The standard InChI is InChI=1S/C13H19NO3S2/c1-10(15)11-5-3-4-6-12(11)14-7-8-18-9-13(14)19(2,16)17/h3-6,10,13,15H,7-9H2,1-2H3/t10-,13?/m1/s1. The summed E-state index contributed by atoms with van der Waals surface area (Å²) in [6.07, 6.45) is 0.674. The highest BCUT2D eigenvalue weighted by molar-refractivity contribution is 8.01. The quantitative estimate of drug-likeness (QED) is 0.920. The van der Waals surface area contributed by atoms with Crippen LogP contribution in [-0.4, -0.2) is 43.2 Å². The Hall–Kier alpha value is -0.720. The first kappa shape index (κ1) is 14.7. The Labute approximate surface area is 118 Å². The van der Waals surface area contributed by atoms with Crippen molar-refractivity contribution in [2.45, 2.75) is 18.4 Å². The number of hydrogen-bond donors (Lipinski definition) is 1. The molecule has 2 atom stereocenters. The lowest BCUT2D eigenvalue weighted by Crippen LogP contribution is -2.47. The van der Waals surface area contributed by atoms with E-state index >= 15 is 0 Å². The number of benzene rings is 1. The molecule has 1 N–H and O–H groups in total. The maximum absolute atomic E-state index is 11.9. The summed E-state index contributed by atoms with van der Waals surface area (Å²) in [5, 5.41) is 9.33. The molecule has 1 unspecified atom stereocenters. The van der Waals surface area contributed by atoms with Crippen molar-refractivity contribution in [3.63, 3.8) is 0 Å². The average Bonchev–Trinajstić information content (AvgIpc) is 2.37. The third kappa shape index (κ3) is 3.24. The van der Waals surface area contributed by atoms with Gasteiger partial charge in [0.05, 0.1) is 6.10 Å². The third-order valence-electron chi connectivity index (χ3n) is 3.28. The molecule has 1 aliphatic heterocycles. The Morgan fingerprint density at radius 2 is 2.11 bits per heavy atom. The van der Waals surface area contributed by atoms with Crippen molar-refractivity contribution in [3.05, 3.63) is 29.8 Å². The monoisotopic (exact) mass is 301 g/mol. The zero-order valence-electron chi connectivity index (χ0n) is 11.1. The zero-order valence-corrected chi connectivity index (χ0v) is 12.7. The fourth-order valence-corrected chi connectivity index (χ4v) is 5.15. The molecule has 0 radical (unpaired) electrons. The molecule has 1 heterocycles. The fourth-order valence-electron chi connectivity index (χ4n) is 2.31. The largest absolute Gasteiger partial charge is 0.389 e. The van der Waals surface area contributed by atoms with Crippen molar-refractivity contribution in [1.29, 1.82) is 0 Å². The second kappa shape index (κ2) is 5.73. The van der Waals surface area contributed by atoms with Gasteiger partial charge >= 0.3 is 0 Å².